The molecule has 0 spiro atoms. The van der Waals surface area contributed by atoms with Crippen LogP contribution in [0.2, 0.25) is 5.02 Å². The molecule has 35 heavy (non-hydrogen) atoms. The fraction of sp³-hybridized carbons (Fsp3) is 0.517. The summed E-state index contributed by atoms with van der Waals surface area (Å²) in [7, 11) is 0. The minimum absolute atomic E-state index is 0.114. The molecular formula is C29H39ClN2O3. The molecule has 1 unspecified atom stereocenters. The Morgan fingerprint density at radius 3 is 2.54 bits per heavy atom. The van der Waals surface area contributed by atoms with E-state index in [4.69, 9.17) is 26.1 Å². The zero-order chi connectivity index (χ0) is 25.6. The van der Waals surface area contributed by atoms with Crippen molar-refractivity contribution in [1.29, 1.82) is 0 Å². The average molecular weight is 499 g/mol. The highest BCUT2D eigenvalue weighted by molar-refractivity contribution is 6.30. The van der Waals surface area contributed by atoms with E-state index < -0.39 is 5.60 Å². The number of amides is 1. The lowest BCUT2D eigenvalue weighted by Crippen LogP contribution is -2.42. The van der Waals surface area contributed by atoms with E-state index in [-0.39, 0.29) is 12.0 Å². The molecule has 1 amide bonds. The number of ether oxygens (including phenoxy) is 2. The minimum atomic E-state index is -0.494. The quantitative estimate of drug-likeness (QED) is 0.297. The lowest BCUT2D eigenvalue weighted by Gasteiger charge is -2.37. The van der Waals surface area contributed by atoms with Crippen molar-refractivity contribution in [2.75, 3.05) is 19.7 Å². The number of halogens is 1. The second-order valence-corrected chi connectivity index (χ2v) is 10.5. The summed E-state index contributed by atoms with van der Waals surface area (Å²) < 4.78 is 11.1. The first-order chi connectivity index (χ1) is 16.7. The molecule has 3 rings (SSSR count). The maximum atomic E-state index is 12.6. The molecule has 0 bridgehead atoms. The van der Waals surface area contributed by atoms with E-state index >= 15 is 0 Å². The summed E-state index contributed by atoms with van der Waals surface area (Å²) in [4.78, 5) is 19.4. The van der Waals surface area contributed by atoms with Crippen LogP contribution in [-0.2, 0) is 9.47 Å². The monoisotopic (exact) mass is 498 g/mol. The summed E-state index contributed by atoms with van der Waals surface area (Å²) in [6, 6.07) is 6.16. The van der Waals surface area contributed by atoms with Crippen molar-refractivity contribution in [1.82, 2.24) is 4.90 Å². The van der Waals surface area contributed by atoms with Crippen LogP contribution in [0.25, 0.3) is 6.08 Å². The number of allylic oxidation sites excluding steroid dienone is 4. The van der Waals surface area contributed by atoms with Crippen LogP contribution in [0.4, 0.5) is 4.79 Å². The number of likely N-dealkylation sites (tertiary alicyclic amines) is 1. The molecule has 0 aromatic heterocycles. The first kappa shape index (κ1) is 27.1. The first-order valence-corrected chi connectivity index (χ1v) is 13.1. The number of hydrogen-bond acceptors (Lipinski definition) is 4. The van der Waals surface area contributed by atoms with Crippen molar-refractivity contribution in [2.24, 2.45) is 10.9 Å². The standard InChI is InChI=1S/C29H39ClN2O3/c1-7-24-21(14-17-34-9-3)18-22-19-23(30)10-11-25(22)26(27(24)31-8-2)20-12-15-32(16-13-20)28(33)35-29(4,5)6/h8,10-11,14,17-20,26H,7,9,12-13,15-16H2,1-6H3/b17-14+,31-8?. The Hall–Kier alpha value is -2.53. The molecule has 1 aromatic rings. The smallest absolute Gasteiger partial charge is 0.410 e. The van der Waals surface area contributed by atoms with Gasteiger partial charge >= 0.3 is 6.09 Å². The summed E-state index contributed by atoms with van der Waals surface area (Å²) in [5, 5.41) is 0.715. The molecule has 5 nitrogen and oxygen atoms in total. The molecule has 1 aliphatic heterocycles. The molecule has 0 N–H and O–H groups in total. The number of fused-ring (bicyclic) bond motifs is 1. The van der Waals surface area contributed by atoms with Crippen LogP contribution in [0, 0.1) is 5.92 Å². The summed E-state index contributed by atoms with van der Waals surface area (Å²) in [6.45, 7) is 13.8. The Morgan fingerprint density at radius 1 is 1.23 bits per heavy atom. The molecule has 1 heterocycles. The van der Waals surface area contributed by atoms with Gasteiger partial charge in [0.25, 0.3) is 0 Å². The number of hydrogen-bond donors (Lipinski definition) is 0. The Bertz CT molecular complexity index is 1020. The molecule has 6 heteroatoms. The van der Waals surface area contributed by atoms with Crippen molar-refractivity contribution < 1.29 is 14.3 Å². The van der Waals surface area contributed by atoms with Crippen molar-refractivity contribution in [3.63, 3.8) is 0 Å². The van der Waals surface area contributed by atoms with Crippen molar-refractivity contribution >= 4 is 30.0 Å². The van der Waals surface area contributed by atoms with E-state index in [9.17, 15) is 4.79 Å². The first-order valence-electron chi connectivity index (χ1n) is 12.7. The fourth-order valence-corrected chi connectivity index (χ4v) is 5.14. The van der Waals surface area contributed by atoms with Gasteiger partial charge in [-0.2, -0.15) is 0 Å². The maximum absolute atomic E-state index is 12.6. The van der Waals surface area contributed by atoms with Gasteiger partial charge in [-0.25, -0.2) is 4.79 Å². The van der Waals surface area contributed by atoms with Gasteiger partial charge in [0.15, 0.2) is 0 Å². The van der Waals surface area contributed by atoms with Gasteiger partial charge in [-0.3, -0.25) is 4.99 Å². The van der Waals surface area contributed by atoms with Crippen molar-refractivity contribution in [2.45, 2.75) is 72.3 Å². The SMILES string of the molecule is CC=NC1=C(CC)C(/C=C/OCC)=Cc2cc(Cl)ccc2C1C1CCN(C(=O)OC(C)(C)C)CC1. The highest BCUT2D eigenvalue weighted by Gasteiger charge is 2.36. The van der Waals surface area contributed by atoms with Crippen LogP contribution in [0.3, 0.4) is 0 Å². The molecule has 1 atom stereocenters. The molecule has 1 aliphatic carbocycles. The molecule has 0 radical (unpaired) electrons. The van der Waals surface area contributed by atoms with Gasteiger partial charge in [-0.1, -0.05) is 24.6 Å². The van der Waals surface area contributed by atoms with Gasteiger partial charge in [0, 0.05) is 30.2 Å². The summed E-state index contributed by atoms with van der Waals surface area (Å²) in [5.41, 5.74) is 5.26. The molecule has 1 aromatic carbocycles. The minimum Gasteiger partial charge on any atom is -0.501 e. The maximum Gasteiger partial charge on any atom is 0.410 e. The second-order valence-electron chi connectivity index (χ2n) is 10.0. The number of aliphatic imine (C=N–C) groups is 1. The third-order valence-electron chi connectivity index (χ3n) is 6.44. The molecule has 1 saturated heterocycles. The van der Waals surface area contributed by atoms with Crippen LogP contribution >= 0.6 is 11.6 Å². The molecule has 1 fully saturated rings. The van der Waals surface area contributed by atoms with Crippen molar-refractivity contribution in [3.05, 3.63) is 63.5 Å². The van der Waals surface area contributed by atoms with E-state index in [1.165, 1.54) is 11.1 Å². The van der Waals surface area contributed by atoms with Gasteiger partial charge in [0.2, 0.25) is 0 Å². The Morgan fingerprint density at radius 2 is 1.94 bits per heavy atom. The van der Waals surface area contributed by atoms with Crippen LogP contribution in [0.1, 0.15) is 77.8 Å². The largest absolute Gasteiger partial charge is 0.501 e. The van der Waals surface area contributed by atoms with E-state index in [2.05, 4.69) is 19.1 Å². The van der Waals surface area contributed by atoms with Crippen molar-refractivity contribution in [3.8, 4) is 0 Å². The molecule has 2 aliphatic rings. The third kappa shape index (κ3) is 6.78. The zero-order valence-corrected chi connectivity index (χ0v) is 22.7. The Kier molecular flexibility index (Phi) is 9.23. The second kappa shape index (κ2) is 11.9. The molecular weight excluding hydrogens is 460 g/mol. The van der Waals surface area contributed by atoms with E-state index in [1.807, 2.05) is 63.9 Å². The average Bonchev–Trinajstić information content (AvgIpc) is 2.92. The lowest BCUT2D eigenvalue weighted by atomic mass is 9.76. The summed E-state index contributed by atoms with van der Waals surface area (Å²) >= 11 is 6.44. The Balaban J connectivity index is 2.02. The highest BCUT2D eigenvalue weighted by Crippen LogP contribution is 2.46. The summed E-state index contributed by atoms with van der Waals surface area (Å²) in [6.07, 6.45) is 10.3. The molecule has 0 saturated carbocycles. The predicted molar refractivity (Wildman–Crippen MR) is 145 cm³/mol. The number of benzene rings is 1. The van der Waals surface area contributed by atoms with Gasteiger partial charge in [-0.05, 0) is 106 Å². The van der Waals surface area contributed by atoms with Gasteiger partial charge in [0.1, 0.15) is 5.60 Å². The number of nitrogens with zero attached hydrogens (tertiary/aromatic N) is 2. The van der Waals surface area contributed by atoms with Gasteiger partial charge in [-0.15, -0.1) is 0 Å². The van der Waals surface area contributed by atoms with Crippen LogP contribution in [0.5, 0.6) is 0 Å². The number of carbonyl (C=O) groups is 1. The van der Waals surface area contributed by atoms with Crippen LogP contribution in [0.15, 0.2) is 52.4 Å². The van der Waals surface area contributed by atoms with E-state index in [0.717, 1.165) is 36.1 Å². The van der Waals surface area contributed by atoms with Gasteiger partial charge < -0.3 is 14.4 Å². The predicted octanol–water partition coefficient (Wildman–Crippen LogP) is 7.77. The van der Waals surface area contributed by atoms with E-state index in [0.29, 0.717) is 30.6 Å². The Labute approximate surface area is 215 Å². The number of piperidine rings is 1. The van der Waals surface area contributed by atoms with Gasteiger partial charge in [0.05, 0.1) is 18.6 Å². The zero-order valence-electron chi connectivity index (χ0n) is 21.9. The topological polar surface area (TPSA) is 51.1 Å². The summed E-state index contributed by atoms with van der Waals surface area (Å²) in [5.74, 6) is 0.459. The van der Waals surface area contributed by atoms with Crippen LogP contribution in [-0.4, -0.2) is 42.5 Å². The fourth-order valence-electron chi connectivity index (χ4n) is 4.96. The highest BCUT2D eigenvalue weighted by atomic mass is 35.5. The van der Waals surface area contributed by atoms with E-state index in [1.54, 1.807) is 6.26 Å². The van der Waals surface area contributed by atoms with Crippen LogP contribution < -0.4 is 0 Å². The third-order valence-corrected chi connectivity index (χ3v) is 6.68. The number of rotatable bonds is 6. The number of carbonyl (C=O) groups excluding carboxylic acids is 1. The molecule has 190 valence electrons. The normalized spacial score (nSPS) is 19.7. The lowest BCUT2D eigenvalue weighted by molar-refractivity contribution is 0.0178.